The van der Waals surface area contributed by atoms with Crippen LogP contribution in [0.1, 0.15) is 17.7 Å². The number of anilines is 1. The summed E-state index contributed by atoms with van der Waals surface area (Å²) in [4.78, 5) is 16.5. The summed E-state index contributed by atoms with van der Waals surface area (Å²) in [6, 6.07) is 3.80. The maximum Gasteiger partial charge on any atom is 0.229 e. The van der Waals surface area contributed by atoms with Crippen molar-refractivity contribution in [2.24, 2.45) is 0 Å². The van der Waals surface area contributed by atoms with E-state index in [1.807, 2.05) is 17.0 Å². The molecule has 0 unspecified atom stereocenters. The van der Waals surface area contributed by atoms with Gasteiger partial charge in [0.15, 0.2) is 5.82 Å². The van der Waals surface area contributed by atoms with Crippen LogP contribution >= 0.6 is 11.6 Å². The van der Waals surface area contributed by atoms with Crippen LogP contribution in [0.5, 0.6) is 0 Å². The van der Waals surface area contributed by atoms with Gasteiger partial charge in [0, 0.05) is 37.9 Å². The predicted molar refractivity (Wildman–Crippen MR) is 85.4 cm³/mol. The molecule has 1 fully saturated rings. The van der Waals surface area contributed by atoms with E-state index in [0.717, 1.165) is 31.9 Å². The van der Waals surface area contributed by atoms with Crippen LogP contribution in [0.15, 0.2) is 22.9 Å². The van der Waals surface area contributed by atoms with E-state index in [-0.39, 0.29) is 17.5 Å². The molecule has 0 radical (unpaired) electrons. The van der Waals surface area contributed by atoms with Crippen LogP contribution < -0.4 is 4.90 Å². The highest BCUT2D eigenvalue weighted by Gasteiger charge is 2.22. The highest BCUT2D eigenvalue weighted by atomic mass is 35.5. The lowest BCUT2D eigenvalue weighted by Gasteiger charge is -2.22. The van der Waals surface area contributed by atoms with Crippen molar-refractivity contribution in [3.05, 3.63) is 34.8 Å². The molecule has 0 N–H and O–H groups in total. The topological polar surface area (TPSA) is 75.4 Å². The van der Waals surface area contributed by atoms with Gasteiger partial charge in [-0.1, -0.05) is 5.16 Å². The fraction of sp³-hybridized carbons (Fsp3) is 0.467. The van der Waals surface area contributed by atoms with Crippen LogP contribution in [-0.2, 0) is 11.2 Å². The first-order valence-electron chi connectivity index (χ1n) is 7.56. The first kappa shape index (κ1) is 15.7. The Morgan fingerprint density at radius 3 is 2.91 bits per heavy atom. The Hall–Kier alpha value is -2.15. The van der Waals surface area contributed by atoms with Crippen LogP contribution in [-0.4, -0.2) is 52.3 Å². The van der Waals surface area contributed by atoms with Crippen molar-refractivity contribution in [2.45, 2.75) is 19.8 Å². The number of carbonyl (C=O) groups excluding carboxylic acids is 1. The van der Waals surface area contributed by atoms with E-state index in [1.165, 1.54) is 0 Å². The number of rotatable bonds is 3. The van der Waals surface area contributed by atoms with Gasteiger partial charge >= 0.3 is 0 Å². The second-order valence-electron chi connectivity index (χ2n) is 5.50. The third-order valence-electron chi connectivity index (χ3n) is 4.00. The Labute approximate surface area is 139 Å². The number of hydrogen-bond donors (Lipinski definition) is 0. The summed E-state index contributed by atoms with van der Waals surface area (Å²) in [5.41, 5.74) is 1.34. The second-order valence-corrected chi connectivity index (χ2v) is 5.84. The summed E-state index contributed by atoms with van der Waals surface area (Å²) in [6.07, 6.45) is 2.76. The number of halogens is 1. The number of amides is 1. The van der Waals surface area contributed by atoms with Crippen LogP contribution in [0.25, 0.3) is 0 Å². The summed E-state index contributed by atoms with van der Waals surface area (Å²) in [6.45, 7) is 4.75. The molecule has 0 aromatic carbocycles. The van der Waals surface area contributed by atoms with Crippen LogP contribution in [0, 0.1) is 6.92 Å². The average Bonchev–Trinajstić information content (AvgIpc) is 2.79. The molecular weight excluding hydrogens is 318 g/mol. The standard InChI is InChI=1S/C15H18ClN5O2/c1-11-12(15(16)23-19-11)10-14(22)21-7-3-6-20(8-9-21)13-4-2-5-17-18-13/h2,4-5H,3,6-10H2,1H3. The minimum absolute atomic E-state index is 0.0409. The lowest BCUT2D eigenvalue weighted by molar-refractivity contribution is -0.130. The molecule has 1 amide bonds. The zero-order valence-corrected chi connectivity index (χ0v) is 13.7. The SMILES string of the molecule is Cc1noc(Cl)c1CC(=O)N1CCCN(c2cccnn2)CC1. The van der Waals surface area contributed by atoms with Gasteiger partial charge < -0.3 is 14.3 Å². The Balaban J connectivity index is 1.63. The molecule has 2 aromatic rings. The molecule has 7 nitrogen and oxygen atoms in total. The normalized spacial score (nSPS) is 15.6. The van der Waals surface area contributed by atoms with Crippen molar-refractivity contribution in [1.82, 2.24) is 20.3 Å². The highest BCUT2D eigenvalue weighted by Crippen LogP contribution is 2.21. The van der Waals surface area contributed by atoms with E-state index in [0.29, 0.717) is 17.8 Å². The molecule has 122 valence electrons. The largest absolute Gasteiger partial charge is 0.353 e. The minimum atomic E-state index is 0.0409. The average molecular weight is 336 g/mol. The van der Waals surface area contributed by atoms with Gasteiger partial charge in [0.05, 0.1) is 12.1 Å². The molecule has 1 saturated heterocycles. The van der Waals surface area contributed by atoms with Gasteiger partial charge in [0.1, 0.15) is 0 Å². The van der Waals surface area contributed by atoms with Crippen molar-refractivity contribution in [1.29, 1.82) is 0 Å². The van der Waals surface area contributed by atoms with Crippen LogP contribution in [0.2, 0.25) is 5.22 Å². The number of aryl methyl sites for hydroxylation is 1. The predicted octanol–water partition coefficient (Wildman–Crippen LogP) is 1.71. The van der Waals surface area contributed by atoms with Gasteiger partial charge in [0.25, 0.3) is 0 Å². The molecule has 2 aromatic heterocycles. The Kier molecular flexibility index (Phi) is 4.76. The molecule has 0 bridgehead atoms. The van der Waals surface area contributed by atoms with Gasteiger partial charge in [-0.15, -0.1) is 5.10 Å². The smallest absolute Gasteiger partial charge is 0.229 e. The Bertz CT molecular complexity index is 656. The van der Waals surface area contributed by atoms with Crippen molar-refractivity contribution in [2.75, 3.05) is 31.1 Å². The fourth-order valence-corrected chi connectivity index (χ4v) is 2.92. The van der Waals surface area contributed by atoms with Crippen molar-refractivity contribution < 1.29 is 9.32 Å². The molecule has 0 aliphatic carbocycles. The van der Waals surface area contributed by atoms with E-state index in [1.54, 1.807) is 13.1 Å². The third-order valence-corrected chi connectivity index (χ3v) is 4.29. The van der Waals surface area contributed by atoms with Gasteiger partial charge in [0.2, 0.25) is 11.1 Å². The van der Waals surface area contributed by atoms with Gasteiger partial charge in [-0.25, -0.2) is 0 Å². The molecule has 0 spiro atoms. The van der Waals surface area contributed by atoms with Crippen molar-refractivity contribution in [3.8, 4) is 0 Å². The van der Waals surface area contributed by atoms with Crippen molar-refractivity contribution >= 4 is 23.3 Å². The van der Waals surface area contributed by atoms with E-state index >= 15 is 0 Å². The molecule has 3 rings (SSSR count). The fourth-order valence-electron chi connectivity index (χ4n) is 2.68. The van der Waals surface area contributed by atoms with Gasteiger partial charge in [-0.2, -0.15) is 5.10 Å². The number of nitrogens with zero attached hydrogens (tertiary/aromatic N) is 5. The molecule has 1 aliphatic heterocycles. The lowest BCUT2D eigenvalue weighted by Crippen LogP contribution is -2.36. The number of hydrogen-bond acceptors (Lipinski definition) is 6. The zero-order chi connectivity index (χ0) is 16.2. The molecule has 0 saturated carbocycles. The molecule has 0 atom stereocenters. The van der Waals surface area contributed by atoms with Crippen molar-refractivity contribution in [3.63, 3.8) is 0 Å². The Morgan fingerprint density at radius 1 is 1.35 bits per heavy atom. The summed E-state index contributed by atoms with van der Waals surface area (Å²) in [5.74, 6) is 0.888. The maximum absolute atomic E-state index is 12.5. The maximum atomic E-state index is 12.5. The monoisotopic (exact) mass is 335 g/mol. The van der Waals surface area contributed by atoms with E-state index in [2.05, 4.69) is 20.3 Å². The molecule has 8 heteroatoms. The number of carbonyl (C=O) groups is 1. The number of aromatic nitrogens is 3. The first-order chi connectivity index (χ1) is 11.1. The summed E-state index contributed by atoms with van der Waals surface area (Å²) < 4.78 is 4.90. The first-order valence-corrected chi connectivity index (χ1v) is 7.94. The van der Waals surface area contributed by atoms with E-state index < -0.39 is 0 Å². The Morgan fingerprint density at radius 2 is 2.22 bits per heavy atom. The second kappa shape index (κ2) is 6.95. The van der Waals surface area contributed by atoms with Crippen LogP contribution in [0.4, 0.5) is 5.82 Å². The van der Waals surface area contributed by atoms with Crippen LogP contribution in [0.3, 0.4) is 0 Å². The molecule has 1 aliphatic rings. The molecular formula is C15H18ClN5O2. The van der Waals surface area contributed by atoms with Gasteiger partial charge in [-0.05, 0) is 37.1 Å². The molecule has 3 heterocycles. The highest BCUT2D eigenvalue weighted by molar-refractivity contribution is 6.29. The quantitative estimate of drug-likeness (QED) is 0.850. The summed E-state index contributed by atoms with van der Waals surface area (Å²) in [5, 5.41) is 12.0. The lowest BCUT2D eigenvalue weighted by atomic mass is 10.2. The van der Waals surface area contributed by atoms with E-state index in [9.17, 15) is 4.79 Å². The zero-order valence-electron chi connectivity index (χ0n) is 12.9. The minimum Gasteiger partial charge on any atom is -0.353 e. The third kappa shape index (κ3) is 3.61. The van der Waals surface area contributed by atoms with Gasteiger partial charge in [-0.3, -0.25) is 4.79 Å². The van der Waals surface area contributed by atoms with E-state index in [4.69, 9.17) is 16.1 Å². The summed E-state index contributed by atoms with van der Waals surface area (Å²) in [7, 11) is 0. The molecule has 23 heavy (non-hydrogen) atoms. The summed E-state index contributed by atoms with van der Waals surface area (Å²) >= 11 is 5.94.